The van der Waals surface area contributed by atoms with Gasteiger partial charge in [0.2, 0.25) is 0 Å². The third kappa shape index (κ3) is 2.32. The van der Waals surface area contributed by atoms with Crippen LogP contribution in [-0.4, -0.2) is 44.1 Å². The summed E-state index contributed by atoms with van der Waals surface area (Å²) >= 11 is 0. The topological polar surface area (TPSA) is 41.6 Å². The molecule has 19 heavy (non-hydrogen) atoms. The summed E-state index contributed by atoms with van der Waals surface area (Å²) < 4.78 is 5.17. The van der Waals surface area contributed by atoms with Crippen LogP contribution in [0.15, 0.2) is 24.3 Å². The van der Waals surface area contributed by atoms with Crippen LogP contribution in [0.4, 0.5) is 0 Å². The third-order valence-corrected chi connectivity index (χ3v) is 4.22. The second kappa shape index (κ2) is 4.85. The van der Waals surface area contributed by atoms with Gasteiger partial charge in [0.15, 0.2) is 0 Å². The summed E-state index contributed by atoms with van der Waals surface area (Å²) in [6, 6.07) is 7.39. The van der Waals surface area contributed by atoms with Gasteiger partial charge in [-0.2, -0.15) is 0 Å². The van der Waals surface area contributed by atoms with Gasteiger partial charge < -0.3 is 15.0 Å². The molecule has 0 atom stereocenters. The molecule has 1 aromatic rings. The molecule has 0 radical (unpaired) electrons. The summed E-state index contributed by atoms with van der Waals surface area (Å²) in [6.45, 7) is 3.94. The first-order chi connectivity index (χ1) is 9.22. The van der Waals surface area contributed by atoms with E-state index in [0.29, 0.717) is 5.41 Å². The van der Waals surface area contributed by atoms with Crippen LogP contribution in [0.5, 0.6) is 5.75 Å². The Morgan fingerprint density at radius 2 is 2.26 bits per heavy atom. The highest BCUT2D eigenvalue weighted by Crippen LogP contribution is 2.37. The van der Waals surface area contributed by atoms with Gasteiger partial charge in [0.1, 0.15) is 5.75 Å². The molecule has 4 heteroatoms. The fraction of sp³-hybridized carbons (Fsp3) is 0.533. The number of ether oxygens (including phenoxy) is 1. The number of piperidine rings is 1. The molecule has 1 amide bonds. The lowest BCUT2D eigenvalue weighted by atomic mass is 9.74. The lowest BCUT2D eigenvalue weighted by molar-refractivity contribution is -0.00723. The van der Waals surface area contributed by atoms with Crippen molar-refractivity contribution in [1.82, 2.24) is 10.2 Å². The number of nitrogens with one attached hydrogen (secondary N) is 1. The maximum absolute atomic E-state index is 12.4. The monoisotopic (exact) mass is 260 g/mol. The van der Waals surface area contributed by atoms with Crippen LogP contribution in [0, 0.1) is 5.41 Å². The number of hydrogen-bond donors (Lipinski definition) is 1. The van der Waals surface area contributed by atoms with Crippen LogP contribution < -0.4 is 10.1 Å². The number of methoxy groups -OCH3 is 1. The van der Waals surface area contributed by atoms with E-state index in [1.165, 1.54) is 12.8 Å². The van der Waals surface area contributed by atoms with E-state index in [9.17, 15) is 4.79 Å². The van der Waals surface area contributed by atoms with Crippen LogP contribution >= 0.6 is 0 Å². The molecule has 0 aromatic heterocycles. The van der Waals surface area contributed by atoms with Crippen molar-refractivity contribution in [2.45, 2.75) is 12.8 Å². The minimum absolute atomic E-state index is 0.120. The van der Waals surface area contributed by atoms with Crippen molar-refractivity contribution >= 4 is 5.91 Å². The van der Waals surface area contributed by atoms with Crippen molar-refractivity contribution in [3.8, 4) is 5.75 Å². The quantitative estimate of drug-likeness (QED) is 0.876. The summed E-state index contributed by atoms with van der Waals surface area (Å²) in [5, 5.41) is 3.44. The average Bonchev–Trinajstić information content (AvgIpc) is 2.45. The molecule has 1 N–H and O–H groups in total. The van der Waals surface area contributed by atoms with E-state index >= 15 is 0 Å². The summed E-state index contributed by atoms with van der Waals surface area (Å²) in [5.41, 5.74) is 1.06. The normalized spacial score (nSPS) is 21.0. The molecule has 2 saturated heterocycles. The second-order valence-corrected chi connectivity index (χ2v) is 5.67. The summed E-state index contributed by atoms with van der Waals surface area (Å²) in [4.78, 5) is 14.3. The van der Waals surface area contributed by atoms with Gasteiger partial charge in [0.25, 0.3) is 5.91 Å². The van der Waals surface area contributed by atoms with E-state index in [-0.39, 0.29) is 5.91 Å². The first-order valence-electron chi connectivity index (χ1n) is 6.87. The van der Waals surface area contributed by atoms with Crippen molar-refractivity contribution in [2.75, 3.05) is 33.3 Å². The smallest absolute Gasteiger partial charge is 0.254 e. The molecular formula is C15H20N2O2. The Labute approximate surface area is 113 Å². The van der Waals surface area contributed by atoms with Gasteiger partial charge in [-0.25, -0.2) is 0 Å². The molecule has 2 fully saturated rings. The highest BCUT2D eigenvalue weighted by Gasteiger charge is 2.45. The fourth-order valence-electron chi connectivity index (χ4n) is 3.15. The van der Waals surface area contributed by atoms with E-state index < -0.39 is 0 Å². The molecular weight excluding hydrogens is 240 g/mol. The minimum Gasteiger partial charge on any atom is -0.497 e. The van der Waals surface area contributed by atoms with Crippen LogP contribution in [0.2, 0.25) is 0 Å². The van der Waals surface area contributed by atoms with E-state index in [4.69, 9.17) is 4.74 Å². The number of carbonyl (C=O) groups is 1. The number of rotatable bonds is 2. The standard InChI is InChI=1S/C15H20N2O2/c1-19-13-5-2-4-12(8-13)14(18)17-10-15(11-17)6-3-7-16-9-15/h2,4-5,8,16H,3,6-7,9-11H2,1H3. The van der Waals surface area contributed by atoms with Crippen molar-refractivity contribution in [3.63, 3.8) is 0 Å². The minimum atomic E-state index is 0.120. The average molecular weight is 260 g/mol. The van der Waals surface area contributed by atoms with E-state index in [1.54, 1.807) is 7.11 Å². The molecule has 1 spiro atoms. The number of benzene rings is 1. The van der Waals surface area contributed by atoms with Gasteiger partial charge in [-0.3, -0.25) is 4.79 Å². The van der Waals surface area contributed by atoms with Crippen molar-refractivity contribution < 1.29 is 9.53 Å². The number of likely N-dealkylation sites (tertiary alicyclic amines) is 1. The lowest BCUT2D eigenvalue weighted by Gasteiger charge is -2.52. The van der Waals surface area contributed by atoms with Gasteiger partial charge in [-0.05, 0) is 37.6 Å². The second-order valence-electron chi connectivity index (χ2n) is 5.67. The van der Waals surface area contributed by atoms with Crippen LogP contribution in [0.25, 0.3) is 0 Å². The predicted octanol–water partition coefficient (Wildman–Crippen LogP) is 1.52. The number of hydrogen-bond acceptors (Lipinski definition) is 3. The Balaban J connectivity index is 1.66. The van der Waals surface area contributed by atoms with Gasteiger partial charge >= 0.3 is 0 Å². The molecule has 2 aliphatic rings. The largest absolute Gasteiger partial charge is 0.497 e. The fourth-order valence-corrected chi connectivity index (χ4v) is 3.15. The van der Waals surface area contributed by atoms with Crippen LogP contribution in [0.1, 0.15) is 23.2 Å². The first-order valence-corrected chi connectivity index (χ1v) is 6.87. The Kier molecular flexibility index (Phi) is 3.19. The first kappa shape index (κ1) is 12.5. The third-order valence-electron chi connectivity index (χ3n) is 4.22. The predicted molar refractivity (Wildman–Crippen MR) is 73.4 cm³/mol. The maximum atomic E-state index is 12.4. The molecule has 3 rings (SSSR count). The van der Waals surface area contributed by atoms with Gasteiger partial charge in [-0.1, -0.05) is 6.07 Å². The zero-order valence-electron chi connectivity index (χ0n) is 11.3. The number of amides is 1. The Hall–Kier alpha value is -1.55. The maximum Gasteiger partial charge on any atom is 0.254 e. The highest BCUT2D eigenvalue weighted by atomic mass is 16.5. The SMILES string of the molecule is COc1cccc(C(=O)N2CC3(CCCNC3)C2)c1. The molecule has 2 aliphatic heterocycles. The Bertz CT molecular complexity index is 473. The summed E-state index contributed by atoms with van der Waals surface area (Å²) in [7, 11) is 1.62. The molecule has 0 saturated carbocycles. The molecule has 2 heterocycles. The molecule has 0 aliphatic carbocycles. The van der Waals surface area contributed by atoms with Crippen molar-refractivity contribution in [3.05, 3.63) is 29.8 Å². The highest BCUT2D eigenvalue weighted by molar-refractivity contribution is 5.95. The van der Waals surface area contributed by atoms with Crippen molar-refractivity contribution in [1.29, 1.82) is 0 Å². The Morgan fingerprint density at radius 3 is 2.95 bits per heavy atom. The van der Waals surface area contributed by atoms with Gasteiger partial charge in [0, 0.05) is 30.6 Å². The summed E-state index contributed by atoms with van der Waals surface area (Å²) in [5.74, 6) is 0.857. The van der Waals surface area contributed by atoms with Crippen LogP contribution in [0.3, 0.4) is 0 Å². The molecule has 1 aromatic carbocycles. The van der Waals surface area contributed by atoms with Crippen LogP contribution in [-0.2, 0) is 0 Å². The van der Waals surface area contributed by atoms with Gasteiger partial charge in [-0.15, -0.1) is 0 Å². The van der Waals surface area contributed by atoms with Crippen molar-refractivity contribution in [2.24, 2.45) is 5.41 Å². The van der Waals surface area contributed by atoms with E-state index in [0.717, 1.165) is 37.5 Å². The number of nitrogens with zero attached hydrogens (tertiary/aromatic N) is 1. The molecule has 102 valence electrons. The molecule has 0 bridgehead atoms. The van der Waals surface area contributed by atoms with E-state index in [2.05, 4.69) is 5.32 Å². The zero-order chi connectivity index (χ0) is 13.3. The van der Waals surface area contributed by atoms with Gasteiger partial charge in [0.05, 0.1) is 7.11 Å². The summed E-state index contributed by atoms with van der Waals surface area (Å²) in [6.07, 6.45) is 2.46. The zero-order valence-corrected chi connectivity index (χ0v) is 11.3. The lowest BCUT2D eigenvalue weighted by Crippen LogP contribution is -2.63. The molecule has 4 nitrogen and oxygen atoms in total. The number of carbonyl (C=O) groups excluding carboxylic acids is 1. The van der Waals surface area contributed by atoms with E-state index in [1.807, 2.05) is 29.2 Å². The molecule has 0 unspecified atom stereocenters. The Morgan fingerprint density at radius 1 is 1.42 bits per heavy atom.